The van der Waals surface area contributed by atoms with E-state index >= 15 is 0 Å². The highest BCUT2D eigenvalue weighted by Crippen LogP contribution is 2.34. The molecule has 3 nitrogen and oxygen atoms in total. The number of fused-ring (bicyclic) bond motifs is 1. The van der Waals surface area contributed by atoms with Gasteiger partial charge in [-0.05, 0) is 29.3 Å². The molecular formula is C21H23NO2. The van der Waals surface area contributed by atoms with Crippen LogP contribution in [0.5, 0.6) is 5.75 Å². The lowest BCUT2D eigenvalue weighted by molar-refractivity contribution is 0.144. The summed E-state index contributed by atoms with van der Waals surface area (Å²) in [5, 5.41) is 12.8. The van der Waals surface area contributed by atoms with E-state index in [4.69, 9.17) is 10.5 Å². The molecular weight excluding hydrogens is 298 g/mol. The molecule has 0 saturated heterocycles. The number of hydrogen-bond acceptors (Lipinski definition) is 3. The molecule has 3 aromatic rings. The summed E-state index contributed by atoms with van der Waals surface area (Å²) in [6.07, 6.45) is -0.172. The van der Waals surface area contributed by atoms with Crippen LogP contribution in [0.2, 0.25) is 0 Å². The summed E-state index contributed by atoms with van der Waals surface area (Å²) in [6, 6.07) is 21.4. The molecule has 24 heavy (non-hydrogen) atoms. The Balaban J connectivity index is 1.98. The van der Waals surface area contributed by atoms with Crippen LogP contribution in [-0.4, -0.2) is 17.8 Å². The standard InChI is InChI=1S/C21H23NO2/c1-2-24-19-13-12-16-10-6-7-11-17(16)20(19)21(22)18(23)14-15-8-4-3-5-9-15/h3-13,18,21,23H,2,14,22H2,1H3/t18-,21-/m1/s1. The van der Waals surface area contributed by atoms with Crippen molar-refractivity contribution in [3.05, 3.63) is 77.9 Å². The van der Waals surface area contributed by atoms with Gasteiger partial charge in [-0.1, -0.05) is 60.7 Å². The molecule has 0 aliphatic heterocycles. The van der Waals surface area contributed by atoms with Crippen molar-refractivity contribution in [2.45, 2.75) is 25.5 Å². The van der Waals surface area contributed by atoms with Gasteiger partial charge in [0.25, 0.3) is 0 Å². The van der Waals surface area contributed by atoms with Crippen LogP contribution >= 0.6 is 0 Å². The summed E-state index contributed by atoms with van der Waals surface area (Å²) in [5.74, 6) is 0.746. The molecule has 2 atom stereocenters. The largest absolute Gasteiger partial charge is 0.494 e. The lowest BCUT2D eigenvalue weighted by Gasteiger charge is -2.23. The van der Waals surface area contributed by atoms with E-state index in [2.05, 4.69) is 0 Å². The van der Waals surface area contributed by atoms with Gasteiger partial charge in [-0.3, -0.25) is 0 Å². The highest BCUT2D eigenvalue weighted by molar-refractivity contribution is 5.88. The predicted molar refractivity (Wildman–Crippen MR) is 98.2 cm³/mol. The van der Waals surface area contributed by atoms with Crippen molar-refractivity contribution in [2.75, 3.05) is 6.61 Å². The van der Waals surface area contributed by atoms with Gasteiger partial charge in [-0.25, -0.2) is 0 Å². The minimum absolute atomic E-state index is 0.511. The van der Waals surface area contributed by atoms with Crippen LogP contribution < -0.4 is 10.5 Å². The molecule has 0 fully saturated rings. The van der Waals surface area contributed by atoms with E-state index < -0.39 is 12.1 Å². The molecule has 0 aliphatic rings. The maximum absolute atomic E-state index is 10.7. The first-order valence-electron chi connectivity index (χ1n) is 8.32. The van der Waals surface area contributed by atoms with Crippen molar-refractivity contribution < 1.29 is 9.84 Å². The Morgan fingerprint density at radius 1 is 0.958 bits per heavy atom. The molecule has 3 heteroatoms. The van der Waals surface area contributed by atoms with Crippen molar-refractivity contribution in [2.24, 2.45) is 5.73 Å². The zero-order valence-electron chi connectivity index (χ0n) is 13.9. The highest BCUT2D eigenvalue weighted by atomic mass is 16.5. The number of benzene rings is 3. The smallest absolute Gasteiger partial charge is 0.124 e. The Morgan fingerprint density at radius 2 is 1.67 bits per heavy atom. The van der Waals surface area contributed by atoms with Gasteiger partial charge in [0, 0.05) is 12.0 Å². The van der Waals surface area contributed by atoms with Gasteiger partial charge in [0.15, 0.2) is 0 Å². The average Bonchev–Trinajstić information content (AvgIpc) is 2.62. The fraction of sp³-hybridized carbons (Fsp3) is 0.238. The van der Waals surface area contributed by atoms with Gasteiger partial charge < -0.3 is 15.6 Å². The van der Waals surface area contributed by atoms with E-state index in [1.807, 2.05) is 73.7 Å². The van der Waals surface area contributed by atoms with Crippen LogP contribution in [0, 0.1) is 0 Å². The lowest BCUT2D eigenvalue weighted by atomic mass is 9.92. The summed E-state index contributed by atoms with van der Waals surface area (Å²) in [7, 11) is 0. The first kappa shape index (κ1) is 16.5. The molecule has 0 heterocycles. The Labute approximate surface area is 142 Å². The van der Waals surface area contributed by atoms with Gasteiger partial charge >= 0.3 is 0 Å². The van der Waals surface area contributed by atoms with Crippen LogP contribution in [-0.2, 0) is 6.42 Å². The second-order valence-electron chi connectivity index (χ2n) is 5.91. The Bertz CT molecular complexity index is 801. The fourth-order valence-electron chi connectivity index (χ4n) is 3.08. The van der Waals surface area contributed by atoms with Gasteiger partial charge in [0.1, 0.15) is 5.75 Å². The minimum atomic E-state index is -0.683. The summed E-state index contributed by atoms with van der Waals surface area (Å²) in [5.41, 5.74) is 8.40. The maximum atomic E-state index is 10.7. The van der Waals surface area contributed by atoms with Gasteiger partial charge in [0.2, 0.25) is 0 Å². The van der Waals surface area contributed by atoms with Crippen LogP contribution in [0.3, 0.4) is 0 Å². The molecule has 0 unspecified atom stereocenters. The number of nitrogens with two attached hydrogens (primary N) is 1. The lowest BCUT2D eigenvalue weighted by Crippen LogP contribution is -2.28. The monoisotopic (exact) mass is 321 g/mol. The first-order valence-corrected chi connectivity index (χ1v) is 8.32. The summed E-state index contributed by atoms with van der Waals surface area (Å²) < 4.78 is 5.78. The average molecular weight is 321 g/mol. The van der Waals surface area contributed by atoms with E-state index in [1.54, 1.807) is 0 Å². The number of aliphatic hydroxyl groups is 1. The van der Waals surface area contributed by atoms with Crippen LogP contribution in [0.4, 0.5) is 0 Å². The molecule has 3 rings (SSSR count). The molecule has 0 bridgehead atoms. The molecule has 0 aliphatic carbocycles. The van der Waals surface area contributed by atoms with Crippen molar-refractivity contribution in [1.29, 1.82) is 0 Å². The van der Waals surface area contributed by atoms with E-state index in [9.17, 15) is 5.11 Å². The summed E-state index contributed by atoms with van der Waals surface area (Å²) in [4.78, 5) is 0. The third kappa shape index (κ3) is 3.42. The molecule has 0 aromatic heterocycles. The van der Waals surface area contributed by atoms with Crippen molar-refractivity contribution >= 4 is 10.8 Å². The Kier molecular flexibility index (Phi) is 5.14. The van der Waals surface area contributed by atoms with Crippen molar-refractivity contribution in [1.82, 2.24) is 0 Å². The first-order chi connectivity index (χ1) is 11.7. The number of rotatable bonds is 6. The minimum Gasteiger partial charge on any atom is -0.494 e. The van der Waals surface area contributed by atoms with Gasteiger partial charge in [-0.2, -0.15) is 0 Å². The van der Waals surface area contributed by atoms with E-state index in [0.29, 0.717) is 13.0 Å². The second-order valence-corrected chi connectivity index (χ2v) is 5.91. The number of hydrogen-bond donors (Lipinski definition) is 2. The molecule has 0 radical (unpaired) electrons. The van der Waals surface area contributed by atoms with E-state index in [1.165, 1.54) is 0 Å². The zero-order valence-corrected chi connectivity index (χ0v) is 13.9. The SMILES string of the molecule is CCOc1ccc2ccccc2c1[C@H](N)[C@H](O)Cc1ccccc1. The van der Waals surface area contributed by atoms with E-state index in [-0.39, 0.29) is 0 Å². The summed E-state index contributed by atoms with van der Waals surface area (Å²) >= 11 is 0. The zero-order chi connectivity index (χ0) is 16.9. The van der Waals surface area contributed by atoms with Crippen molar-refractivity contribution in [3.8, 4) is 5.75 Å². The molecule has 0 spiro atoms. The number of aliphatic hydroxyl groups excluding tert-OH is 1. The van der Waals surface area contributed by atoms with Crippen LogP contribution in [0.15, 0.2) is 66.7 Å². The van der Waals surface area contributed by atoms with E-state index in [0.717, 1.165) is 27.6 Å². The second kappa shape index (κ2) is 7.47. The molecule has 124 valence electrons. The third-order valence-corrected chi connectivity index (χ3v) is 4.27. The maximum Gasteiger partial charge on any atom is 0.124 e. The fourth-order valence-corrected chi connectivity index (χ4v) is 3.08. The highest BCUT2D eigenvalue weighted by Gasteiger charge is 2.23. The third-order valence-electron chi connectivity index (χ3n) is 4.27. The Hall–Kier alpha value is -2.36. The topological polar surface area (TPSA) is 55.5 Å². The predicted octanol–water partition coefficient (Wildman–Crippen LogP) is 3.84. The van der Waals surface area contributed by atoms with Crippen LogP contribution in [0.1, 0.15) is 24.1 Å². The van der Waals surface area contributed by atoms with Crippen LogP contribution in [0.25, 0.3) is 10.8 Å². The number of ether oxygens (including phenoxy) is 1. The molecule has 0 amide bonds. The molecule has 3 N–H and O–H groups in total. The molecule has 3 aromatic carbocycles. The van der Waals surface area contributed by atoms with Crippen molar-refractivity contribution in [3.63, 3.8) is 0 Å². The van der Waals surface area contributed by atoms with Gasteiger partial charge in [-0.15, -0.1) is 0 Å². The Morgan fingerprint density at radius 3 is 2.42 bits per heavy atom. The molecule has 0 saturated carbocycles. The normalized spacial score (nSPS) is 13.6. The summed E-state index contributed by atoms with van der Waals surface area (Å²) in [6.45, 7) is 2.51. The van der Waals surface area contributed by atoms with Gasteiger partial charge in [0.05, 0.1) is 18.8 Å². The quantitative estimate of drug-likeness (QED) is 0.725.